The second kappa shape index (κ2) is 20.0. The van der Waals surface area contributed by atoms with Gasteiger partial charge in [-0.25, -0.2) is 0 Å². The van der Waals surface area contributed by atoms with Gasteiger partial charge >= 0.3 is 115 Å². The number of ether oxygens (including phenoxy) is 1. The second-order valence-corrected chi connectivity index (χ2v) is 10.3. The average molecular weight is 471 g/mol. The van der Waals surface area contributed by atoms with E-state index in [0.717, 1.165) is 6.08 Å². The van der Waals surface area contributed by atoms with Crippen molar-refractivity contribution in [3.63, 3.8) is 0 Å². The van der Waals surface area contributed by atoms with Crippen LogP contribution in [-0.4, -0.2) is 69.3 Å². The van der Waals surface area contributed by atoms with E-state index in [0.29, 0.717) is 0 Å². The van der Waals surface area contributed by atoms with Gasteiger partial charge in [-0.3, -0.25) is 14.1 Å². The molecular formula is C22H39NaO7S. The van der Waals surface area contributed by atoms with Crippen LogP contribution in [0.5, 0.6) is 0 Å². The molecule has 0 aliphatic rings. The summed E-state index contributed by atoms with van der Waals surface area (Å²) in [4.78, 5) is 22.4. The Morgan fingerprint density at radius 2 is 1.45 bits per heavy atom. The number of carboxylic acids is 1. The molecule has 0 amide bonds. The second-order valence-electron chi connectivity index (χ2n) is 7.60. The van der Waals surface area contributed by atoms with Crippen molar-refractivity contribution in [3.8, 4) is 0 Å². The van der Waals surface area contributed by atoms with Crippen LogP contribution >= 0.6 is 0 Å². The predicted octanol–water partition coefficient (Wildman–Crippen LogP) is 4.89. The number of unbranched alkanes of at least 4 members (excludes halogenated alkanes) is 9. The number of esters is 1. The third-order valence-electron chi connectivity index (χ3n) is 4.82. The number of carboxylic acid groups (broad SMARTS) is 1. The zero-order valence-electron chi connectivity index (χ0n) is 19.3. The summed E-state index contributed by atoms with van der Waals surface area (Å²) in [6, 6.07) is 0. The third kappa shape index (κ3) is 15.7. The Balaban J connectivity index is 0. The van der Waals surface area contributed by atoms with Crippen LogP contribution in [-0.2, 0) is 24.4 Å². The summed E-state index contributed by atoms with van der Waals surface area (Å²) in [7, 11) is -4.97. The zero-order chi connectivity index (χ0) is 24.2. The van der Waals surface area contributed by atoms with E-state index in [1.807, 2.05) is 0 Å². The molecule has 176 valence electrons. The molecule has 31 heavy (non-hydrogen) atoms. The molecule has 0 aromatic heterocycles. The molecule has 0 bridgehead atoms. The zero-order valence-corrected chi connectivity index (χ0v) is 22.1. The molecule has 0 aromatic rings. The number of aliphatic carboxylic acids is 1. The van der Waals surface area contributed by atoms with Gasteiger partial charge in [0.1, 0.15) is 6.61 Å². The molecule has 9 heteroatoms. The fourth-order valence-electron chi connectivity index (χ4n) is 3.01. The molecule has 0 aliphatic heterocycles. The van der Waals surface area contributed by atoms with E-state index in [9.17, 15) is 18.0 Å². The Morgan fingerprint density at radius 3 is 1.81 bits per heavy atom. The fraction of sp³-hybridized carbons (Fsp3) is 0.727. The molecule has 7 nitrogen and oxygen atoms in total. The van der Waals surface area contributed by atoms with Gasteiger partial charge in [0, 0.05) is 0 Å². The standard InChI is InChI=1S/C12H25.C10H14O7S.Na/c1-3-5-7-9-11-12-10-8-6-4-2;1-3-5-10(7-8(11)12,18(14,15)16)9(13)17-6-4-2;/h1,3-12H2,2H3;3-4H,1-2,5-7H2,(H,11,12)(H,14,15,16);. The predicted molar refractivity (Wildman–Crippen MR) is 125 cm³/mol. The maximum atomic E-state index is 11.7. The van der Waals surface area contributed by atoms with Crippen molar-refractivity contribution in [2.24, 2.45) is 0 Å². The number of carbonyl (C=O) groups is 2. The van der Waals surface area contributed by atoms with Gasteiger partial charge in [0.15, 0.2) is 0 Å². The molecule has 0 heterocycles. The molecule has 0 fully saturated rings. The van der Waals surface area contributed by atoms with Crippen LogP contribution in [0, 0.1) is 0 Å². The van der Waals surface area contributed by atoms with Gasteiger partial charge in [-0.05, 0) is 6.42 Å². The molecule has 0 spiro atoms. The van der Waals surface area contributed by atoms with Crippen molar-refractivity contribution in [1.82, 2.24) is 0 Å². The van der Waals surface area contributed by atoms with Crippen molar-refractivity contribution in [2.75, 3.05) is 6.61 Å². The normalized spacial score (nSPS) is 12.8. The molecule has 0 saturated carbocycles. The molecule has 1 unspecified atom stereocenters. The Labute approximate surface area is 205 Å². The first-order chi connectivity index (χ1) is 14.6. The molecule has 0 radical (unpaired) electrons. The summed E-state index contributed by atoms with van der Waals surface area (Å²) in [6.07, 6.45) is 15.2. The summed E-state index contributed by atoms with van der Waals surface area (Å²) in [5.41, 5.74) is 0. The topological polar surface area (TPSA) is 118 Å². The first-order valence-corrected chi connectivity index (χ1v) is 14.1. The molecular weight excluding hydrogens is 431 g/mol. The van der Waals surface area contributed by atoms with Crippen molar-refractivity contribution >= 4 is 50.0 Å². The van der Waals surface area contributed by atoms with E-state index in [1.165, 1.54) is 102 Å². The molecule has 0 saturated heterocycles. The van der Waals surface area contributed by atoms with Gasteiger partial charge in [-0.1, -0.05) is 18.7 Å². The minimum absolute atomic E-state index is 0.299. The van der Waals surface area contributed by atoms with Crippen LogP contribution in [0.2, 0.25) is 3.67 Å². The van der Waals surface area contributed by atoms with Crippen LogP contribution in [0.4, 0.5) is 0 Å². The molecule has 2 N–H and O–H groups in total. The third-order valence-corrected chi connectivity index (χ3v) is 6.99. The van der Waals surface area contributed by atoms with E-state index >= 15 is 0 Å². The quantitative estimate of drug-likeness (QED) is 0.0963. The molecule has 0 aliphatic carbocycles. The molecule has 0 rings (SSSR count). The first kappa shape index (κ1) is 32.5. The van der Waals surface area contributed by atoms with Gasteiger partial charge in [0.05, 0.1) is 6.42 Å². The van der Waals surface area contributed by atoms with E-state index in [1.54, 1.807) is 0 Å². The van der Waals surface area contributed by atoms with Crippen LogP contribution in [0.15, 0.2) is 25.3 Å². The van der Waals surface area contributed by atoms with Crippen molar-refractivity contribution in [2.45, 2.75) is 92.4 Å². The van der Waals surface area contributed by atoms with E-state index in [2.05, 4.69) is 24.8 Å². The van der Waals surface area contributed by atoms with Gasteiger partial charge in [0.2, 0.25) is 4.75 Å². The fourth-order valence-corrected chi connectivity index (χ4v) is 4.41. The molecule has 1 atom stereocenters. The number of hydrogen-bond donors (Lipinski definition) is 2. The maximum absolute atomic E-state index is 11.7. The van der Waals surface area contributed by atoms with E-state index < -0.39 is 39.6 Å². The van der Waals surface area contributed by atoms with E-state index in [-0.39, 0.29) is 6.61 Å². The Hall–Kier alpha value is -0.670. The van der Waals surface area contributed by atoms with E-state index in [4.69, 9.17) is 9.66 Å². The van der Waals surface area contributed by atoms with Gasteiger partial charge in [0.25, 0.3) is 10.1 Å². The Bertz CT molecular complexity index is 609. The number of allylic oxidation sites excluding steroid dienone is 1. The summed E-state index contributed by atoms with van der Waals surface area (Å²) >= 11 is 1.41. The first-order valence-electron chi connectivity index (χ1n) is 11.2. The van der Waals surface area contributed by atoms with Crippen LogP contribution < -0.4 is 0 Å². The Morgan fingerprint density at radius 1 is 0.968 bits per heavy atom. The van der Waals surface area contributed by atoms with Crippen molar-refractivity contribution < 1.29 is 32.4 Å². The van der Waals surface area contributed by atoms with Crippen LogP contribution in [0.1, 0.15) is 84.0 Å². The SMILES string of the molecule is C=CCOC(=O)C(CC=C)(CC(=O)O)S(=O)(=O)O.CCCCCCCCCCC[CH2][Na]. The summed E-state index contributed by atoms with van der Waals surface area (Å²) in [5.74, 6) is -2.92. The minimum atomic E-state index is -4.97. The molecule has 0 aromatic carbocycles. The number of rotatable bonds is 18. The van der Waals surface area contributed by atoms with Crippen molar-refractivity contribution in [3.05, 3.63) is 25.3 Å². The summed E-state index contributed by atoms with van der Waals surface area (Å²) < 4.78 is 35.2. The number of carbonyl (C=O) groups excluding carboxylic acids is 1. The monoisotopic (exact) mass is 470 g/mol. The Kier molecular flexibility index (Phi) is 20.9. The summed E-state index contributed by atoms with van der Waals surface area (Å²) in [6.45, 7) is 8.48. The van der Waals surface area contributed by atoms with Crippen LogP contribution in [0.25, 0.3) is 0 Å². The summed E-state index contributed by atoms with van der Waals surface area (Å²) in [5, 5.41) is 8.68. The van der Waals surface area contributed by atoms with Gasteiger partial charge < -0.3 is 9.84 Å². The number of hydrogen-bond acceptors (Lipinski definition) is 5. The van der Waals surface area contributed by atoms with Gasteiger partial charge in [-0.15, -0.1) is 6.58 Å². The van der Waals surface area contributed by atoms with Crippen molar-refractivity contribution in [1.29, 1.82) is 0 Å². The van der Waals surface area contributed by atoms with Gasteiger partial charge in [-0.2, -0.15) is 8.42 Å². The van der Waals surface area contributed by atoms with Crippen LogP contribution in [0.3, 0.4) is 0 Å². The average Bonchev–Trinajstić information content (AvgIpc) is 2.69.